The summed E-state index contributed by atoms with van der Waals surface area (Å²) in [6.45, 7) is 4.90. The summed E-state index contributed by atoms with van der Waals surface area (Å²) < 4.78 is 25.4. The first-order valence-corrected chi connectivity index (χ1v) is 13.9. The van der Waals surface area contributed by atoms with Crippen LogP contribution in [-0.2, 0) is 11.2 Å². The van der Waals surface area contributed by atoms with Crippen LogP contribution in [0.1, 0.15) is 41.0 Å². The Hall–Kier alpha value is -2.82. The van der Waals surface area contributed by atoms with Gasteiger partial charge in [0.1, 0.15) is 24.4 Å². The lowest BCUT2D eigenvalue weighted by molar-refractivity contribution is 0.0247. The van der Waals surface area contributed by atoms with Gasteiger partial charge in [-0.3, -0.25) is 9.98 Å². The first-order valence-electron chi connectivity index (χ1n) is 13.1. The third-order valence-electron chi connectivity index (χ3n) is 7.53. The third-order valence-corrected chi connectivity index (χ3v) is 8.16. The van der Waals surface area contributed by atoms with E-state index >= 15 is 0 Å². The molecular formula is C28H31BrFN5O3. The normalized spacial score (nSPS) is 23.2. The van der Waals surface area contributed by atoms with Crippen molar-refractivity contribution in [2.45, 2.75) is 37.9 Å². The van der Waals surface area contributed by atoms with Gasteiger partial charge in [0.05, 0.1) is 47.3 Å². The number of aliphatic hydroxyl groups excluding tert-OH is 1. The first-order chi connectivity index (χ1) is 18.5. The smallest absolute Gasteiger partial charge is 0.137 e. The molecule has 0 aliphatic carbocycles. The number of aliphatic hydroxyl groups is 1. The third kappa shape index (κ3) is 4.85. The number of nitrogens with one attached hydrogen (secondary N) is 1. The number of hydrogen-bond donors (Lipinski definition) is 2. The van der Waals surface area contributed by atoms with E-state index in [1.807, 2.05) is 25.3 Å². The number of hydrogen-bond acceptors (Lipinski definition) is 7. The molecule has 1 unspecified atom stereocenters. The summed E-state index contributed by atoms with van der Waals surface area (Å²) >= 11 is 3.54. The number of aromatic nitrogens is 2. The Bertz CT molecular complexity index is 1410. The Morgan fingerprint density at radius 2 is 2.18 bits per heavy atom. The van der Waals surface area contributed by atoms with Crippen molar-refractivity contribution in [1.29, 1.82) is 0 Å². The maximum atomic E-state index is 13.2. The van der Waals surface area contributed by atoms with Gasteiger partial charge in [-0.2, -0.15) is 0 Å². The van der Waals surface area contributed by atoms with E-state index in [9.17, 15) is 9.50 Å². The molecule has 4 heterocycles. The average Bonchev–Trinajstić information content (AvgIpc) is 3.61. The lowest BCUT2D eigenvalue weighted by Crippen LogP contribution is -2.43. The van der Waals surface area contributed by atoms with Crippen molar-refractivity contribution in [1.82, 2.24) is 9.97 Å². The fraction of sp³-hybridized carbons (Fsp3) is 0.464. The molecule has 1 aromatic heterocycles. The number of halogens is 2. The molecule has 0 radical (unpaired) electrons. The number of H-pyrrole nitrogens is 1. The van der Waals surface area contributed by atoms with Crippen LogP contribution in [0.5, 0.6) is 5.75 Å². The second kappa shape index (κ2) is 10.7. The van der Waals surface area contributed by atoms with Gasteiger partial charge < -0.3 is 24.5 Å². The molecule has 0 saturated carbocycles. The minimum absolute atomic E-state index is 0.176. The van der Waals surface area contributed by atoms with E-state index < -0.39 is 18.9 Å². The number of morpholine rings is 1. The Morgan fingerprint density at radius 3 is 3.05 bits per heavy atom. The highest BCUT2D eigenvalue weighted by molar-refractivity contribution is 9.10. The van der Waals surface area contributed by atoms with Crippen LogP contribution < -0.4 is 9.64 Å². The molecule has 0 amide bonds. The van der Waals surface area contributed by atoms with Gasteiger partial charge in [-0.15, -0.1) is 0 Å². The van der Waals surface area contributed by atoms with E-state index in [0.29, 0.717) is 26.3 Å². The summed E-state index contributed by atoms with van der Waals surface area (Å²) in [6, 6.07) is 8.06. The van der Waals surface area contributed by atoms with Crippen molar-refractivity contribution in [3.63, 3.8) is 0 Å². The zero-order chi connectivity index (χ0) is 26.2. The number of aromatic amines is 1. The minimum atomic E-state index is -0.715. The highest BCUT2D eigenvalue weighted by Crippen LogP contribution is 2.38. The molecule has 0 bridgehead atoms. The largest absolute Gasteiger partial charge is 0.492 e. The second-order valence-electron chi connectivity index (χ2n) is 10.0. The van der Waals surface area contributed by atoms with Gasteiger partial charge in [0, 0.05) is 55.7 Å². The van der Waals surface area contributed by atoms with E-state index in [1.54, 1.807) is 0 Å². The van der Waals surface area contributed by atoms with Gasteiger partial charge in [-0.05, 0) is 52.2 Å². The second-order valence-corrected chi connectivity index (χ2v) is 10.9. The van der Waals surface area contributed by atoms with E-state index in [-0.39, 0.29) is 12.5 Å². The van der Waals surface area contributed by atoms with Crippen molar-refractivity contribution in [2.75, 3.05) is 51.0 Å². The van der Waals surface area contributed by atoms with Crippen LogP contribution in [0.25, 0.3) is 11.0 Å². The number of fused-ring (bicyclic) bond motifs is 2. The summed E-state index contributed by atoms with van der Waals surface area (Å²) in [4.78, 5) is 20.0. The maximum absolute atomic E-state index is 13.2. The molecule has 200 valence electrons. The van der Waals surface area contributed by atoms with E-state index in [2.05, 4.69) is 42.9 Å². The molecule has 8 nitrogen and oxygen atoms in total. The molecule has 3 aromatic rings. The molecule has 3 aliphatic rings. The number of aliphatic imine (C=N–C) groups is 2. The zero-order valence-electron chi connectivity index (χ0n) is 21.3. The zero-order valence-corrected chi connectivity index (χ0v) is 22.9. The summed E-state index contributed by atoms with van der Waals surface area (Å²) in [5, 5.41) is 11.0. The van der Waals surface area contributed by atoms with Gasteiger partial charge in [0.15, 0.2) is 0 Å². The molecule has 3 aliphatic heterocycles. The van der Waals surface area contributed by atoms with Crippen LogP contribution in [-0.4, -0.2) is 79.2 Å². The van der Waals surface area contributed by atoms with E-state index in [0.717, 1.165) is 74.6 Å². The van der Waals surface area contributed by atoms with E-state index in [4.69, 9.17) is 19.5 Å². The number of aryl methyl sites for hydroxylation is 1. The number of anilines is 1. The van der Waals surface area contributed by atoms with Crippen LogP contribution >= 0.6 is 15.9 Å². The summed E-state index contributed by atoms with van der Waals surface area (Å²) in [6.07, 6.45) is 2.30. The number of nitrogens with zero attached hydrogens (tertiary/aromatic N) is 4. The predicted octanol–water partition coefficient (Wildman–Crippen LogP) is 4.48. The molecule has 2 N–H and O–H groups in total. The Morgan fingerprint density at radius 1 is 1.29 bits per heavy atom. The number of rotatable bonds is 6. The van der Waals surface area contributed by atoms with Crippen LogP contribution in [0.4, 0.5) is 10.1 Å². The Kier molecular flexibility index (Phi) is 7.20. The highest BCUT2D eigenvalue weighted by Gasteiger charge is 2.27. The van der Waals surface area contributed by atoms with Crippen molar-refractivity contribution >= 4 is 44.6 Å². The lowest BCUT2D eigenvalue weighted by atomic mass is 9.97. The molecule has 38 heavy (non-hydrogen) atoms. The molecule has 1 saturated heterocycles. The minimum Gasteiger partial charge on any atom is -0.492 e. The van der Waals surface area contributed by atoms with Crippen molar-refractivity contribution in [3.8, 4) is 5.75 Å². The average molecular weight is 584 g/mol. The first kappa shape index (κ1) is 25.5. The topological polar surface area (TPSA) is 95.3 Å². The van der Waals surface area contributed by atoms with Crippen LogP contribution in [0.15, 0.2) is 38.7 Å². The van der Waals surface area contributed by atoms with Gasteiger partial charge in [-0.25, -0.2) is 9.37 Å². The molecule has 3 atom stereocenters. The summed E-state index contributed by atoms with van der Waals surface area (Å²) in [5.74, 6) is 1.44. The molecule has 2 aromatic carbocycles. The molecule has 1 fully saturated rings. The summed E-state index contributed by atoms with van der Waals surface area (Å²) in [7, 11) is 0. The Balaban J connectivity index is 1.25. The van der Waals surface area contributed by atoms with Crippen LogP contribution in [0.2, 0.25) is 0 Å². The number of benzene rings is 2. The van der Waals surface area contributed by atoms with Crippen LogP contribution in [0.3, 0.4) is 0 Å². The highest BCUT2D eigenvalue weighted by atomic mass is 79.9. The Labute approximate surface area is 229 Å². The number of alkyl halides is 1. The fourth-order valence-corrected chi connectivity index (χ4v) is 6.06. The number of ether oxygens (including phenoxy) is 2. The summed E-state index contributed by atoms with van der Waals surface area (Å²) in [5.41, 5.74) is 6.81. The van der Waals surface area contributed by atoms with E-state index in [1.165, 1.54) is 0 Å². The standard InChI is InChI=1S/C28H31BrFN5O3/c1-16-10-17(35-7-9-37-18(12-30)15-35)11-24-26(16)34-28(33-24)21-13-31-6-4-23(21)32-14-25(36)19-2-3-22(29)27-20(19)5-8-38-27/h2-3,10-11,13,18,21,25,36H,4-9,12,14-15H2,1H3,(H,33,34)/t18-,21?,25-/m1/s1. The van der Waals surface area contributed by atoms with Gasteiger partial charge in [0.2, 0.25) is 0 Å². The molecular weight excluding hydrogens is 553 g/mol. The maximum Gasteiger partial charge on any atom is 0.137 e. The molecule has 6 rings (SSSR count). The SMILES string of the molecule is Cc1cc(N2CCO[C@H](CF)C2)cc2[nH]c(C3C=NCCC3=NC[C@@H](O)c3ccc(Br)c4c3CCO4)nc12. The van der Waals surface area contributed by atoms with Crippen molar-refractivity contribution in [2.24, 2.45) is 9.98 Å². The van der Waals surface area contributed by atoms with Crippen molar-refractivity contribution < 1.29 is 19.0 Å². The van der Waals surface area contributed by atoms with Crippen LogP contribution in [0, 0.1) is 6.92 Å². The van der Waals surface area contributed by atoms with Gasteiger partial charge in [0.25, 0.3) is 0 Å². The number of imidazole rings is 1. The molecule has 0 spiro atoms. The monoisotopic (exact) mass is 583 g/mol. The molecule has 10 heteroatoms. The van der Waals surface area contributed by atoms with Gasteiger partial charge in [-0.1, -0.05) is 6.07 Å². The van der Waals surface area contributed by atoms with Gasteiger partial charge >= 0.3 is 0 Å². The predicted molar refractivity (Wildman–Crippen MR) is 150 cm³/mol. The fourth-order valence-electron chi connectivity index (χ4n) is 5.57. The lowest BCUT2D eigenvalue weighted by Gasteiger charge is -2.33. The quantitative estimate of drug-likeness (QED) is 0.446. The van der Waals surface area contributed by atoms with Crippen molar-refractivity contribution in [3.05, 3.63) is 51.3 Å².